The van der Waals surface area contributed by atoms with Crippen molar-refractivity contribution < 1.29 is 19.4 Å². The van der Waals surface area contributed by atoms with E-state index in [0.29, 0.717) is 24.7 Å². The van der Waals surface area contributed by atoms with Crippen molar-refractivity contribution in [1.29, 1.82) is 0 Å². The molecule has 2 fully saturated rings. The number of carboxylic acid groups (broad SMARTS) is 1. The maximum Gasteiger partial charge on any atom is 0.341 e. The van der Waals surface area contributed by atoms with Gasteiger partial charge in [0.1, 0.15) is 11.3 Å². The predicted molar refractivity (Wildman–Crippen MR) is 120 cm³/mol. The SMILES string of the molecule is Cl.O=C(O)c1cn(-c2ccc(O)cc2)c2nc(N3CC4CCCNC4C3)c(F)cc2c1=O. The van der Waals surface area contributed by atoms with Gasteiger partial charge in [-0.15, -0.1) is 12.4 Å². The van der Waals surface area contributed by atoms with E-state index in [9.17, 15) is 19.8 Å². The number of piperidine rings is 1. The maximum absolute atomic E-state index is 15.1. The van der Waals surface area contributed by atoms with Gasteiger partial charge in [-0.1, -0.05) is 0 Å². The Morgan fingerprint density at radius 1 is 1.22 bits per heavy atom. The summed E-state index contributed by atoms with van der Waals surface area (Å²) >= 11 is 0. The average molecular weight is 461 g/mol. The number of carboxylic acids is 1. The number of aromatic carboxylic acids is 1. The lowest BCUT2D eigenvalue weighted by Crippen LogP contribution is -2.40. The zero-order valence-electron chi connectivity index (χ0n) is 17.0. The Morgan fingerprint density at radius 3 is 2.66 bits per heavy atom. The molecular formula is C22H22ClFN4O4. The van der Waals surface area contributed by atoms with Crippen LogP contribution in [0, 0.1) is 11.7 Å². The van der Waals surface area contributed by atoms with Crippen LogP contribution in [0.3, 0.4) is 0 Å². The number of nitrogens with one attached hydrogen (secondary N) is 1. The Labute approximate surface area is 188 Å². The van der Waals surface area contributed by atoms with E-state index in [1.807, 2.05) is 4.90 Å². The van der Waals surface area contributed by atoms with Crippen molar-refractivity contribution in [2.24, 2.45) is 5.92 Å². The summed E-state index contributed by atoms with van der Waals surface area (Å²) in [6.45, 7) is 2.24. The van der Waals surface area contributed by atoms with Crippen LogP contribution in [0.2, 0.25) is 0 Å². The number of carbonyl (C=O) groups is 1. The van der Waals surface area contributed by atoms with Crippen molar-refractivity contribution in [2.75, 3.05) is 24.5 Å². The smallest absolute Gasteiger partial charge is 0.341 e. The van der Waals surface area contributed by atoms with E-state index in [1.54, 1.807) is 12.1 Å². The Balaban J connectivity index is 0.00000245. The molecule has 0 amide bonds. The highest BCUT2D eigenvalue weighted by Gasteiger charge is 2.36. The number of hydrogen-bond donors (Lipinski definition) is 3. The maximum atomic E-state index is 15.1. The summed E-state index contributed by atoms with van der Waals surface area (Å²) in [7, 11) is 0. The van der Waals surface area contributed by atoms with Gasteiger partial charge in [0.05, 0.1) is 5.39 Å². The fourth-order valence-corrected chi connectivity index (χ4v) is 4.62. The Bertz CT molecular complexity index is 1230. The number of aromatic nitrogens is 2. The summed E-state index contributed by atoms with van der Waals surface area (Å²) in [4.78, 5) is 30.8. The molecule has 2 aliphatic heterocycles. The molecule has 2 saturated heterocycles. The van der Waals surface area contributed by atoms with E-state index in [-0.39, 0.29) is 41.0 Å². The number of benzene rings is 1. The van der Waals surface area contributed by atoms with E-state index < -0.39 is 22.8 Å². The second-order valence-electron chi connectivity index (χ2n) is 8.10. The van der Waals surface area contributed by atoms with E-state index in [1.165, 1.54) is 22.9 Å². The first-order valence-corrected chi connectivity index (χ1v) is 10.2. The van der Waals surface area contributed by atoms with Crippen molar-refractivity contribution in [2.45, 2.75) is 18.9 Å². The molecule has 2 unspecified atom stereocenters. The zero-order valence-corrected chi connectivity index (χ0v) is 17.8. The van der Waals surface area contributed by atoms with E-state index >= 15 is 4.39 Å². The van der Waals surface area contributed by atoms with Gasteiger partial charge in [-0.3, -0.25) is 4.79 Å². The third kappa shape index (κ3) is 3.67. The van der Waals surface area contributed by atoms with Gasteiger partial charge in [-0.05, 0) is 55.6 Å². The summed E-state index contributed by atoms with van der Waals surface area (Å²) in [5.74, 6) is -1.45. The Kier molecular flexibility index (Phi) is 5.79. The van der Waals surface area contributed by atoms with Crippen LogP contribution in [0.15, 0.2) is 41.3 Å². The molecule has 2 aliphatic rings. The lowest BCUT2D eigenvalue weighted by molar-refractivity contribution is 0.0695. The summed E-state index contributed by atoms with van der Waals surface area (Å²) < 4.78 is 16.5. The Morgan fingerprint density at radius 2 is 1.97 bits per heavy atom. The van der Waals surface area contributed by atoms with E-state index in [4.69, 9.17) is 0 Å². The van der Waals surface area contributed by atoms with Crippen LogP contribution in [-0.4, -0.2) is 51.4 Å². The minimum Gasteiger partial charge on any atom is -0.508 e. The Hall–Kier alpha value is -3.17. The molecule has 168 valence electrons. The molecule has 10 heteroatoms. The van der Waals surface area contributed by atoms with Crippen LogP contribution >= 0.6 is 12.4 Å². The quantitative estimate of drug-likeness (QED) is 0.551. The van der Waals surface area contributed by atoms with Crippen LogP contribution in [0.4, 0.5) is 10.2 Å². The number of anilines is 1. The predicted octanol–water partition coefficient (Wildman–Crippen LogP) is 2.54. The molecule has 32 heavy (non-hydrogen) atoms. The van der Waals surface area contributed by atoms with Gasteiger partial charge in [-0.2, -0.15) is 0 Å². The number of phenolic OH excluding ortho intramolecular Hbond substituents is 1. The molecule has 3 aromatic rings. The third-order valence-electron chi connectivity index (χ3n) is 6.17. The first-order valence-electron chi connectivity index (χ1n) is 10.2. The topological polar surface area (TPSA) is 108 Å². The molecule has 0 radical (unpaired) electrons. The first kappa shape index (κ1) is 22.0. The fraction of sp³-hybridized carbons (Fsp3) is 0.318. The highest BCUT2D eigenvalue weighted by molar-refractivity contribution is 5.92. The van der Waals surface area contributed by atoms with Crippen molar-refractivity contribution in [3.8, 4) is 11.4 Å². The lowest BCUT2D eigenvalue weighted by atomic mass is 9.94. The van der Waals surface area contributed by atoms with Crippen LogP contribution in [0.25, 0.3) is 16.7 Å². The fourth-order valence-electron chi connectivity index (χ4n) is 4.62. The summed E-state index contributed by atoms with van der Waals surface area (Å²) in [6.07, 6.45) is 3.35. The zero-order chi connectivity index (χ0) is 21.7. The van der Waals surface area contributed by atoms with Crippen LogP contribution < -0.4 is 15.6 Å². The largest absolute Gasteiger partial charge is 0.508 e. The summed E-state index contributed by atoms with van der Waals surface area (Å²) in [6, 6.07) is 7.40. The highest BCUT2D eigenvalue weighted by atomic mass is 35.5. The van der Waals surface area contributed by atoms with Crippen LogP contribution in [-0.2, 0) is 0 Å². The first-order chi connectivity index (χ1) is 14.9. The van der Waals surface area contributed by atoms with Gasteiger partial charge in [0.2, 0.25) is 5.43 Å². The second kappa shape index (κ2) is 8.40. The molecule has 0 saturated carbocycles. The number of pyridine rings is 2. The third-order valence-corrected chi connectivity index (χ3v) is 6.17. The normalized spacial score (nSPS) is 20.1. The molecule has 0 aliphatic carbocycles. The van der Waals surface area contributed by atoms with E-state index in [2.05, 4.69) is 10.3 Å². The minimum absolute atomic E-state index is 0. The van der Waals surface area contributed by atoms with Gasteiger partial charge < -0.3 is 25.0 Å². The number of halogens is 2. The minimum atomic E-state index is -1.40. The van der Waals surface area contributed by atoms with Gasteiger partial charge >= 0.3 is 5.97 Å². The van der Waals surface area contributed by atoms with Gasteiger partial charge in [0.15, 0.2) is 17.3 Å². The highest BCUT2D eigenvalue weighted by Crippen LogP contribution is 2.31. The van der Waals surface area contributed by atoms with Crippen molar-refractivity contribution >= 4 is 35.2 Å². The second-order valence-corrected chi connectivity index (χ2v) is 8.10. The summed E-state index contributed by atoms with van der Waals surface area (Å²) in [5, 5.41) is 22.4. The van der Waals surface area contributed by atoms with Crippen molar-refractivity contribution in [3.05, 3.63) is 58.1 Å². The molecule has 1 aromatic carbocycles. The van der Waals surface area contributed by atoms with Gasteiger partial charge in [-0.25, -0.2) is 14.2 Å². The molecule has 4 heterocycles. The summed E-state index contributed by atoms with van der Waals surface area (Å²) in [5.41, 5.74) is -0.606. The number of nitrogens with zero attached hydrogens (tertiary/aromatic N) is 3. The monoisotopic (exact) mass is 460 g/mol. The molecular weight excluding hydrogens is 439 g/mol. The van der Waals surface area contributed by atoms with Gasteiger partial charge in [0, 0.05) is 31.0 Å². The van der Waals surface area contributed by atoms with Gasteiger partial charge in [0.25, 0.3) is 0 Å². The van der Waals surface area contributed by atoms with Crippen LogP contribution in [0.1, 0.15) is 23.2 Å². The average Bonchev–Trinajstić information content (AvgIpc) is 3.18. The lowest BCUT2D eigenvalue weighted by Gasteiger charge is -2.24. The van der Waals surface area contributed by atoms with Crippen molar-refractivity contribution in [3.63, 3.8) is 0 Å². The number of rotatable bonds is 3. The van der Waals surface area contributed by atoms with Crippen molar-refractivity contribution in [1.82, 2.24) is 14.9 Å². The number of phenols is 1. The van der Waals surface area contributed by atoms with E-state index in [0.717, 1.165) is 25.5 Å². The molecule has 0 bridgehead atoms. The molecule has 5 rings (SSSR count). The standard InChI is InChI=1S/C22H21FN4O4.ClH/c23-17-8-15-19(29)16(22(30)31)10-27(13-3-5-14(28)6-4-13)20(15)25-21(17)26-9-12-2-1-7-24-18(12)11-26;/h3-6,8,10,12,18,24,28H,1-2,7,9,11H2,(H,30,31);1H. The molecule has 8 nitrogen and oxygen atoms in total. The van der Waals surface area contributed by atoms with Crippen LogP contribution in [0.5, 0.6) is 5.75 Å². The number of hydrogen-bond acceptors (Lipinski definition) is 6. The molecule has 0 spiro atoms. The number of fused-ring (bicyclic) bond motifs is 2. The molecule has 2 atom stereocenters. The molecule has 2 aromatic heterocycles. The molecule has 3 N–H and O–H groups in total. The number of aromatic hydroxyl groups is 1.